The average Bonchev–Trinajstić information content (AvgIpc) is 3.63. The van der Waals surface area contributed by atoms with Gasteiger partial charge in [-0.1, -0.05) is 23.5 Å². The van der Waals surface area contributed by atoms with Crippen molar-refractivity contribution in [3.63, 3.8) is 0 Å². The van der Waals surface area contributed by atoms with Crippen LogP contribution < -0.4 is 10.4 Å². The Balaban J connectivity index is 1.42. The summed E-state index contributed by atoms with van der Waals surface area (Å²) in [5.74, 6) is -3.59. The van der Waals surface area contributed by atoms with Gasteiger partial charge in [-0.05, 0) is 30.3 Å². The number of H-pyrrole nitrogens is 2. The van der Waals surface area contributed by atoms with Crippen molar-refractivity contribution >= 4 is 50.6 Å². The second-order valence-corrected chi connectivity index (χ2v) is 8.20. The van der Waals surface area contributed by atoms with Gasteiger partial charge in [-0.25, -0.2) is 4.79 Å². The van der Waals surface area contributed by atoms with Gasteiger partial charge in [0, 0.05) is 22.8 Å². The van der Waals surface area contributed by atoms with Crippen LogP contribution in [0.5, 0.6) is 0 Å². The minimum atomic E-state index is -5.31. The van der Waals surface area contributed by atoms with Gasteiger partial charge in [0.05, 0.1) is 29.2 Å². The molecule has 0 unspecified atom stereocenters. The number of aromatic nitrogens is 6. The molecule has 0 aliphatic heterocycles. The van der Waals surface area contributed by atoms with Gasteiger partial charge < -0.3 is 10.2 Å². The molecule has 3 heterocycles. The lowest BCUT2D eigenvalue weighted by molar-refractivity contribution is -0.199. The Morgan fingerprint density at radius 2 is 1.92 bits per heavy atom. The summed E-state index contributed by atoms with van der Waals surface area (Å²) in [6.07, 6.45) is -1.39. The van der Waals surface area contributed by atoms with Gasteiger partial charge in [0.1, 0.15) is 5.01 Å². The number of anilines is 3. The minimum Gasteiger partial charge on any atom is -0.330 e. The van der Waals surface area contributed by atoms with Gasteiger partial charge in [-0.15, -0.1) is 15.3 Å². The molecule has 0 aliphatic carbocycles. The van der Waals surface area contributed by atoms with Crippen LogP contribution in [0.4, 0.5) is 29.7 Å². The lowest BCUT2D eigenvalue weighted by atomic mass is 10.2. The Labute approximate surface area is 202 Å². The highest BCUT2D eigenvalue weighted by Crippen LogP contribution is 2.32. The van der Waals surface area contributed by atoms with Crippen molar-refractivity contribution in [2.24, 2.45) is 0 Å². The quantitative estimate of drug-likeness (QED) is 0.296. The number of benzene rings is 2. The lowest BCUT2D eigenvalue weighted by Gasteiger charge is -2.21. The molecule has 2 aromatic carbocycles. The predicted molar refractivity (Wildman–Crippen MR) is 122 cm³/mol. The van der Waals surface area contributed by atoms with E-state index in [1.807, 2.05) is 18.2 Å². The number of aromatic amines is 2. The van der Waals surface area contributed by atoms with E-state index in [0.29, 0.717) is 15.7 Å². The number of carbonyl (C=O) groups excluding carboxylic acids is 2. The second-order valence-electron chi connectivity index (χ2n) is 7.22. The highest BCUT2D eigenvalue weighted by atomic mass is 32.1. The normalized spacial score (nSPS) is 11.4. The van der Waals surface area contributed by atoms with Gasteiger partial charge in [-0.2, -0.15) is 23.4 Å². The van der Waals surface area contributed by atoms with E-state index in [9.17, 15) is 22.8 Å². The van der Waals surface area contributed by atoms with Crippen molar-refractivity contribution < 1.29 is 27.6 Å². The van der Waals surface area contributed by atoms with E-state index >= 15 is 0 Å². The molecule has 0 fully saturated rings. The Bertz CT molecular complexity index is 1550. The van der Waals surface area contributed by atoms with Gasteiger partial charge in [0.25, 0.3) is 5.91 Å². The molecular formula is C21H13F3N8O3S. The molecule has 0 bridgehead atoms. The third kappa shape index (κ3) is 4.72. The molecule has 15 heteroatoms. The van der Waals surface area contributed by atoms with E-state index in [1.54, 1.807) is 12.3 Å². The summed E-state index contributed by atoms with van der Waals surface area (Å²) in [6.45, 7) is 0. The number of hydrogen-bond donors (Lipinski definition) is 3. The van der Waals surface area contributed by atoms with Crippen LogP contribution >= 0.6 is 11.3 Å². The molecule has 36 heavy (non-hydrogen) atoms. The molecule has 3 aromatic heterocycles. The van der Waals surface area contributed by atoms with E-state index in [1.165, 1.54) is 29.5 Å². The zero-order chi connectivity index (χ0) is 25.3. The number of hydroxylamine groups is 1. The van der Waals surface area contributed by atoms with Crippen LogP contribution in [0.25, 0.3) is 21.5 Å². The first-order chi connectivity index (χ1) is 17.3. The van der Waals surface area contributed by atoms with E-state index in [0.717, 1.165) is 29.0 Å². The van der Waals surface area contributed by atoms with Crippen LogP contribution in [0.15, 0.2) is 61.1 Å². The van der Waals surface area contributed by atoms with E-state index in [2.05, 4.69) is 40.7 Å². The Hall–Kier alpha value is -4.79. The fourth-order valence-corrected chi connectivity index (χ4v) is 3.89. The summed E-state index contributed by atoms with van der Waals surface area (Å²) >= 11 is 1.17. The number of fused-ring (bicyclic) bond motifs is 1. The monoisotopic (exact) mass is 514 g/mol. The number of alkyl halides is 3. The molecule has 3 N–H and O–H groups in total. The summed E-state index contributed by atoms with van der Waals surface area (Å²) in [4.78, 5) is 28.7. The maximum Gasteiger partial charge on any atom is 0.493 e. The molecule has 1 amide bonds. The maximum absolute atomic E-state index is 12.9. The van der Waals surface area contributed by atoms with Crippen molar-refractivity contribution in [3.05, 3.63) is 66.6 Å². The van der Waals surface area contributed by atoms with Crippen molar-refractivity contribution in [1.29, 1.82) is 0 Å². The molecule has 0 atom stereocenters. The third-order valence-electron chi connectivity index (χ3n) is 4.78. The summed E-state index contributed by atoms with van der Waals surface area (Å²) in [6, 6.07) is 11.3. The Morgan fingerprint density at radius 1 is 1.06 bits per heavy atom. The minimum absolute atomic E-state index is 0.118. The Morgan fingerprint density at radius 3 is 2.69 bits per heavy atom. The third-order valence-corrected chi connectivity index (χ3v) is 5.67. The first-order valence-electron chi connectivity index (χ1n) is 10.0. The van der Waals surface area contributed by atoms with Gasteiger partial charge >= 0.3 is 12.1 Å². The first-order valence-corrected chi connectivity index (χ1v) is 10.9. The van der Waals surface area contributed by atoms with E-state index in [4.69, 9.17) is 0 Å². The molecule has 5 rings (SSSR count). The van der Waals surface area contributed by atoms with Crippen LogP contribution in [-0.4, -0.2) is 48.6 Å². The number of nitrogens with one attached hydrogen (secondary N) is 3. The SMILES string of the molecule is O=C(c1cn[nH]c1)N(OC(=O)C(F)(F)F)c1cccc(-c2nnc(Nc3ccc4[nH]ncc4c3)s2)c1. The van der Waals surface area contributed by atoms with Crippen LogP contribution in [-0.2, 0) is 9.63 Å². The maximum atomic E-state index is 12.9. The second kappa shape index (κ2) is 9.10. The summed E-state index contributed by atoms with van der Waals surface area (Å²) < 4.78 is 38.6. The van der Waals surface area contributed by atoms with Crippen molar-refractivity contribution in [2.75, 3.05) is 10.4 Å². The number of nitrogens with zero attached hydrogens (tertiary/aromatic N) is 5. The molecule has 0 saturated heterocycles. The number of hydrogen-bond acceptors (Lipinski definition) is 9. The summed E-state index contributed by atoms with van der Waals surface area (Å²) in [5.41, 5.74) is 1.79. The smallest absolute Gasteiger partial charge is 0.330 e. The molecular weight excluding hydrogens is 501 g/mol. The van der Waals surface area contributed by atoms with Gasteiger partial charge in [-0.3, -0.25) is 15.0 Å². The van der Waals surface area contributed by atoms with Crippen molar-refractivity contribution in [2.45, 2.75) is 6.18 Å². The van der Waals surface area contributed by atoms with Crippen LogP contribution in [0.3, 0.4) is 0 Å². The average molecular weight is 514 g/mol. The fourth-order valence-electron chi connectivity index (χ4n) is 3.13. The van der Waals surface area contributed by atoms with Crippen molar-refractivity contribution in [1.82, 2.24) is 30.6 Å². The van der Waals surface area contributed by atoms with Crippen LogP contribution in [0.1, 0.15) is 10.4 Å². The van der Waals surface area contributed by atoms with Crippen molar-refractivity contribution in [3.8, 4) is 10.6 Å². The van der Waals surface area contributed by atoms with Gasteiger partial charge in [0.15, 0.2) is 0 Å². The summed E-state index contributed by atoms with van der Waals surface area (Å²) in [5, 5.41) is 26.1. The molecule has 182 valence electrons. The fraction of sp³-hybridized carbons (Fsp3) is 0.0476. The molecule has 0 saturated carbocycles. The highest BCUT2D eigenvalue weighted by molar-refractivity contribution is 7.18. The van der Waals surface area contributed by atoms with E-state index in [-0.39, 0.29) is 16.3 Å². The number of halogens is 3. The molecule has 11 nitrogen and oxygen atoms in total. The largest absolute Gasteiger partial charge is 0.493 e. The van der Waals surface area contributed by atoms with Gasteiger partial charge in [0.2, 0.25) is 5.13 Å². The Kier molecular flexibility index (Phi) is 5.81. The first kappa shape index (κ1) is 23.0. The standard InChI is InChI=1S/C21H13F3N8O3S/c22-21(23,24)19(34)35-32(18(33)13-9-25-26-10-13)15-3-1-2-11(7-15)17-30-31-20(36-17)28-14-4-5-16-12(6-14)8-27-29-16/h1-10H,(H,25,26)(H,27,29)(H,28,31). The zero-order valence-corrected chi connectivity index (χ0v) is 18.6. The highest BCUT2D eigenvalue weighted by Gasteiger charge is 2.44. The molecule has 0 radical (unpaired) electrons. The number of carbonyl (C=O) groups is 2. The van der Waals surface area contributed by atoms with E-state index < -0.39 is 18.1 Å². The number of amides is 1. The lowest BCUT2D eigenvalue weighted by Crippen LogP contribution is -2.38. The molecule has 5 aromatic rings. The molecule has 0 aliphatic rings. The topological polar surface area (TPSA) is 142 Å². The van der Waals surface area contributed by atoms with Crippen LogP contribution in [0.2, 0.25) is 0 Å². The zero-order valence-electron chi connectivity index (χ0n) is 17.8. The van der Waals surface area contributed by atoms with Crippen LogP contribution in [0, 0.1) is 0 Å². The molecule has 0 spiro atoms. The number of rotatable bonds is 5. The predicted octanol–water partition coefficient (Wildman–Crippen LogP) is 4.22. The summed E-state index contributed by atoms with van der Waals surface area (Å²) in [7, 11) is 0.